The Labute approximate surface area is 130 Å². The summed E-state index contributed by atoms with van der Waals surface area (Å²) >= 11 is 5.31. The summed E-state index contributed by atoms with van der Waals surface area (Å²) in [5.41, 5.74) is 9.94. The molecular weight excluding hydrogens is 286 g/mol. The van der Waals surface area contributed by atoms with E-state index in [9.17, 15) is 0 Å². The zero-order valence-corrected chi connectivity index (χ0v) is 12.9. The molecule has 5 nitrogen and oxygen atoms in total. The van der Waals surface area contributed by atoms with Gasteiger partial charge in [0.05, 0.1) is 18.2 Å². The van der Waals surface area contributed by atoms with Crippen LogP contribution in [0.3, 0.4) is 0 Å². The van der Waals surface area contributed by atoms with Crippen molar-refractivity contribution in [1.82, 2.24) is 10.5 Å². The van der Waals surface area contributed by atoms with Gasteiger partial charge >= 0.3 is 0 Å². The maximum Gasteiger partial charge on any atom is 0.0913 e. The lowest BCUT2D eigenvalue weighted by molar-refractivity contribution is -0.000429. The van der Waals surface area contributed by atoms with Crippen LogP contribution in [0.15, 0.2) is 24.5 Å². The van der Waals surface area contributed by atoms with Crippen molar-refractivity contribution in [1.29, 1.82) is 0 Å². The van der Waals surface area contributed by atoms with E-state index in [0.717, 1.165) is 31.2 Å². The van der Waals surface area contributed by atoms with E-state index < -0.39 is 0 Å². The van der Waals surface area contributed by atoms with E-state index in [1.54, 1.807) is 6.20 Å². The van der Waals surface area contributed by atoms with E-state index >= 15 is 0 Å². The molecule has 1 saturated carbocycles. The fourth-order valence-corrected chi connectivity index (χ4v) is 3.61. The summed E-state index contributed by atoms with van der Waals surface area (Å²) in [6.07, 6.45) is 7.93. The lowest BCUT2D eigenvalue weighted by atomic mass is 9.62. The molecule has 1 aliphatic rings. The van der Waals surface area contributed by atoms with Gasteiger partial charge in [0.1, 0.15) is 0 Å². The van der Waals surface area contributed by atoms with Crippen molar-refractivity contribution in [2.75, 3.05) is 19.8 Å². The van der Waals surface area contributed by atoms with Crippen molar-refractivity contribution in [3.8, 4) is 0 Å². The van der Waals surface area contributed by atoms with Gasteiger partial charge in [-0.15, -0.1) is 0 Å². The van der Waals surface area contributed by atoms with Crippen molar-refractivity contribution >= 4 is 17.2 Å². The number of aliphatic hydroxyl groups is 1. The number of nitrogens with zero attached hydrogens (tertiary/aromatic N) is 1. The third-order valence-electron chi connectivity index (χ3n) is 4.30. The van der Waals surface area contributed by atoms with Gasteiger partial charge < -0.3 is 10.8 Å². The monoisotopic (exact) mass is 309 g/mol. The molecule has 1 aliphatic carbocycles. The molecule has 0 bridgehead atoms. The Hall–Kier alpha value is -1.08. The molecule has 0 radical (unpaired) electrons. The molecule has 2 unspecified atom stereocenters. The highest BCUT2D eigenvalue weighted by atomic mass is 32.1. The fraction of sp³-hybridized carbons (Fsp3) is 0.600. The molecule has 0 aliphatic heterocycles. The third-order valence-corrected chi connectivity index (χ3v) is 4.58. The molecule has 0 amide bonds. The second-order valence-corrected chi connectivity index (χ2v) is 5.96. The normalized spacial score (nSPS) is 25.7. The fourth-order valence-electron chi connectivity index (χ4n) is 3.27. The Kier molecular flexibility index (Phi) is 6.05. The van der Waals surface area contributed by atoms with E-state index in [2.05, 4.69) is 16.5 Å². The molecule has 116 valence electrons. The molecule has 1 aromatic heterocycles. The van der Waals surface area contributed by atoms with Crippen LogP contribution < -0.4 is 11.2 Å². The van der Waals surface area contributed by atoms with E-state index in [4.69, 9.17) is 27.9 Å². The van der Waals surface area contributed by atoms with Gasteiger partial charge in [-0.3, -0.25) is 9.82 Å². The third kappa shape index (κ3) is 3.77. The first-order chi connectivity index (χ1) is 10.2. The van der Waals surface area contributed by atoms with Gasteiger partial charge in [0.2, 0.25) is 0 Å². The molecule has 1 fully saturated rings. The number of aromatic nitrogens is 1. The van der Waals surface area contributed by atoms with Gasteiger partial charge in [0, 0.05) is 30.3 Å². The van der Waals surface area contributed by atoms with Crippen LogP contribution in [0.5, 0.6) is 0 Å². The van der Waals surface area contributed by atoms with Gasteiger partial charge in [0.25, 0.3) is 0 Å². The summed E-state index contributed by atoms with van der Waals surface area (Å²) in [5.74, 6) is 0.135. The zero-order valence-electron chi connectivity index (χ0n) is 12.1. The molecule has 0 spiro atoms. The summed E-state index contributed by atoms with van der Waals surface area (Å²) in [6.45, 7) is 0.868. The van der Waals surface area contributed by atoms with Gasteiger partial charge in [-0.25, -0.2) is 5.48 Å². The van der Waals surface area contributed by atoms with Crippen LogP contribution >= 0.6 is 12.2 Å². The van der Waals surface area contributed by atoms with Crippen LogP contribution in [0.4, 0.5) is 0 Å². The molecule has 0 saturated heterocycles. The van der Waals surface area contributed by atoms with Gasteiger partial charge in [0.15, 0.2) is 0 Å². The van der Waals surface area contributed by atoms with Gasteiger partial charge in [-0.05, 0) is 24.5 Å². The number of hydroxylamine groups is 1. The van der Waals surface area contributed by atoms with Crippen molar-refractivity contribution in [2.45, 2.75) is 31.1 Å². The number of nitrogens with two attached hydrogens (primary N) is 1. The smallest absolute Gasteiger partial charge is 0.0913 e. The second kappa shape index (κ2) is 7.79. The Morgan fingerprint density at radius 2 is 2.43 bits per heavy atom. The Morgan fingerprint density at radius 3 is 3.10 bits per heavy atom. The molecule has 21 heavy (non-hydrogen) atoms. The van der Waals surface area contributed by atoms with Crippen LogP contribution in [0.25, 0.3) is 0 Å². The summed E-state index contributed by atoms with van der Waals surface area (Å²) in [7, 11) is 0. The molecule has 0 aromatic carbocycles. The summed E-state index contributed by atoms with van der Waals surface area (Å²) in [5, 5.41) is 8.81. The van der Waals surface area contributed by atoms with Crippen molar-refractivity contribution < 1.29 is 9.94 Å². The van der Waals surface area contributed by atoms with Crippen LogP contribution in [0.2, 0.25) is 0 Å². The Bertz CT molecular complexity index is 457. The minimum atomic E-state index is -0.187. The number of aliphatic hydroxyl groups excluding tert-OH is 1. The SMILES string of the molecule is NC(=S)C1CCCCC1(CNOCCO)c1cccnc1. The topological polar surface area (TPSA) is 80.4 Å². The second-order valence-electron chi connectivity index (χ2n) is 5.49. The highest BCUT2D eigenvalue weighted by Gasteiger charge is 2.43. The molecule has 2 atom stereocenters. The van der Waals surface area contributed by atoms with Crippen molar-refractivity contribution in [3.05, 3.63) is 30.1 Å². The molecule has 4 N–H and O–H groups in total. The first-order valence-corrected chi connectivity index (χ1v) is 7.77. The number of nitrogens with one attached hydrogen (secondary N) is 1. The van der Waals surface area contributed by atoms with E-state index in [0.29, 0.717) is 11.5 Å². The standard InChI is InChI=1S/C15H23N3O2S/c16-14(21)13-5-1-2-6-15(13,11-18-20-9-8-19)12-4-3-7-17-10-12/h3-4,7,10,13,18-19H,1-2,5-6,8-9,11H2,(H2,16,21). The molecule has 6 heteroatoms. The Morgan fingerprint density at radius 1 is 1.57 bits per heavy atom. The lowest BCUT2D eigenvalue weighted by Gasteiger charge is -2.44. The summed E-state index contributed by atoms with van der Waals surface area (Å²) in [6, 6.07) is 4.02. The predicted octanol–water partition coefficient (Wildman–Crippen LogP) is 1.31. The molecule has 1 heterocycles. The quantitative estimate of drug-likeness (QED) is 0.400. The van der Waals surface area contributed by atoms with Gasteiger partial charge in [-0.2, -0.15) is 0 Å². The highest BCUT2D eigenvalue weighted by Crippen LogP contribution is 2.43. The van der Waals surface area contributed by atoms with E-state index in [-0.39, 0.29) is 24.5 Å². The summed E-state index contributed by atoms with van der Waals surface area (Å²) in [4.78, 5) is 10.1. The van der Waals surface area contributed by atoms with Crippen LogP contribution in [0.1, 0.15) is 31.2 Å². The number of rotatable bonds is 7. The Balaban J connectivity index is 2.26. The largest absolute Gasteiger partial charge is 0.394 e. The number of hydrogen-bond donors (Lipinski definition) is 3. The average Bonchev–Trinajstić information content (AvgIpc) is 2.52. The van der Waals surface area contributed by atoms with Crippen molar-refractivity contribution in [3.63, 3.8) is 0 Å². The minimum absolute atomic E-state index is 0.00831. The maximum absolute atomic E-state index is 8.81. The maximum atomic E-state index is 8.81. The molecule has 2 rings (SSSR count). The number of hydrogen-bond acceptors (Lipinski definition) is 5. The zero-order chi connectivity index (χ0) is 15.1. The van der Waals surface area contributed by atoms with E-state index in [1.165, 1.54) is 0 Å². The molecular formula is C15H23N3O2S. The first-order valence-electron chi connectivity index (χ1n) is 7.36. The van der Waals surface area contributed by atoms with E-state index in [1.807, 2.05) is 12.3 Å². The highest BCUT2D eigenvalue weighted by molar-refractivity contribution is 7.80. The molecule has 1 aromatic rings. The lowest BCUT2D eigenvalue weighted by Crippen LogP contribution is -2.50. The van der Waals surface area contributed by atoms with Gasteiger partial charge in [-0.1, -0.05) is 31.1 Å². The van der Waals surface area contributed by atoms with Crippen molar-refractivity contribution in [2.24, 2.45) is 11.7 Å². The van der Waals surface area contributed by atoms with Crippen LogP contribution in [0, 0.1) is 5.92 Å². The average molecular weight is 309 g/mol. The van der Waals surface area contributed by atoms with Crippen LogP contribution in [-0.4, -0.2) is 34.8 Å². The predicted molar refractivity (Wildman–Crippen MR) is 85.7 cm³/mol. The first kappa shape index (κ1) is 16.3. The number of thiocarbonyl (C=S) groups is 1. The van der Waals surface area contributed by atoms with Crippen LogP contribution in [-0.2, 0) is 10.3 Å². The minimum Gasteiger partial charge on any atom is -0.394 e. The summed E-state index contributed by atoms with van der Waals surface area (Å²) < 4.78 is 0. The number of pyridine rings is 1.